The van der Waals surface area contributed by atoms with Gasteiger partial charge in [-0.2, -0.15) is 5.26 Å². The molecule has 0 amide bonds. The Morgan fingerprint density at radius 3 is 1.49 bits per heavy atom. The van der Waals surface area contributed by atoms with E-state index in [2.05, 4.69) is 174 Å². The summed E-state index contributed by atoms with van der Waals surface area (Å²) in [5, 5.41) is 24.2. The van der Waals surface area contributed by atoms with Crippen molar-refractivity contribution < 1.29 is 9.47 Å². The molecule has 8 heterocycles. The third kappa shape index (κ3) is 16.9. The topological polar surface area (TPSA) is 245 Å². The molecule has 7 aromatic carbocycles. The van der Waals surface area contributed by atoms with Crippen LogP contribution >= 0.6 is 0 Å². The van der Waals surface area contributed by atoms with Crippen molar-refractivity contribution in [3.05, 3.63) is 272 Å². The number of amidine groups is 3. The van der Waals surface area contributed by atoms with Crippen LogP contribution in [0, 0.1) is 79.5 Å². The Hall–Kier alpha value is -13.4. The van der Waals surface area contributed by atoms with Gasteiger partial charge in [-0.3, -0.25) is 24.9 Å². The number of benzene rings is 7. The van der Waals surface area contributed by atoms with Crippen LogP contribution in [-0.4, -0.2) is 97.9 Å². The average molecular weight is 1360 g/mol. The van der Waals surface area contributed by atoms with Gasteiger partial charge in [0.25, 0.3) is 0 Å². The molecule has 0 saturated heterocycles. The van der Waals surface area contributed by atoms with Gasteiger partial charge < -0.3 is 36.9 Å². The Kier molecular flexibility index (Phi) is 20.7. The predicted octanol–water partition coefficient (Wildman–Crippen LogP) is 13.7. The van der Waals surface area contributed by atoms with Crippen molar-refractivity contribution in [2.45, 2.75) is 78.9 Å². The highest BCUT2D eigenvalue weighted by molar-refractivity contribution is 6.02. The lowest BCUT2D eigenvalue weighted by Crippen LogP contribution is -2.39. The number of fused-ring (bicyclic) bond motifs is 4. The molecule has 104 heavy (non-hydrogen) atoms. The first kappa shape index (κ1) is 70.5. The van der Waals surface area contributed by atoms with Crippen molar-refractivity contribution in [1.29, 1.82) is 5.26 Å². The van der Waals surface area contributed by atoms with E-state index in [4.69, 9.17) is 26.2 Å². The van der Waals surface area contributed by atoms with Crippen molar-refractivity contribution in [2.75, 3.05) is 45.3 Å². The molecular formula is C87H77N15O2. The first-order valence-electron chi connectivity index (χ1n) is 33.9. The molecule has 3 aliphatic heterocycles. The zero-order valence-electron chi connectivity index (χ0n) is 60.0. The second-order valence-electron chi connectivity index (χ2n) is 27.1. The second kappa shape index (κ2) is 30.6. The van der Waals surface area contributed by atoms with Crippen molar-refractivity contribution >= 4 is 72.6 Å². The summed E-state index contributed by atoms with van der Waals surface area (Å²) in [6.45, 7) is 21.0. The molecule has 0 radical (unpaired) electrons. The maximum Gasteiger partial charge on any atom is 0.162 e. The van der Waals surface area contributed by atoms with Gasteiger partial charge in [-0.05, 0) is 153 Å². The lowest BCUT2D eigenvalue weighted by molar-refractivity contribution is 0.355. The normalized spacial score (nSPS) is 13.8. The molecule has 0 unspecified atom stereocenters. The molecule has 5 aromatic heterocycles. The number of pyridine rings is 4. The van der Waals surface area contributed by atoms with E-state index in [1.165, 1.54) is 0 Å². The summed E-state index contributed by atoms with van der Waals surface area (Å²) in [6.07, 6.45) is 5.21. The van der Waals surface area contributed by atoms with Gasteiger partial charge in [-0.1, -0.05) is 126 Å². The van der Waals surface area contributed by atoms with Crippen LogP contribution in [0.3, 0.4) is 0 Å². The van der Waals surface area contributed by atoms with Gasteiger partial charge in [0.2, 0.25) is 0 Å². The molecule has 15 rings (SSSR count). The number of nitrogen functional groups attached to an aromatic ring is 2. The molecule has 512 valence electrons. The maximum atomic E-state index is 9.08. The number of anilines is 2. The monoisotopic (exact) mass is 1360 g/mol. The van der Waals surface area contributed by atoms with E-state index in [9.17, 15) is 0 Å². The number of nitriles is 1. The summed E-state index contributed by atoms with van der Waals surface area (Å²) < 4.78 is 10.7. The first-order chi connectivity index (χ1) is 50.1. The van der Waals surface area contributed by atoms with Crippen LogP contribution in [0.1, 0.15) is 126 Å². The van der Waals surface area contributed by atoms with Crippen molar-refractivity contribution in [2.24, 2.45) is 15.0 Å². The van der Waals surface area contributed by atoms with Gasteiger partial charge in [0, 0.05) is 102 Å². The Balaban J connectivity index is 0.000000130. The van der Waals surface area contributed by atoms with Gasteiger partial charge in [-0.25, -0.2) is 19.9 Å². The Morgan fingerprint density at radius 1 is 0.423 bits per heavy atom. The Bertz CT molecular complexity index is 5720. The van der Waals surface area contributed by atoms with Crippen molar-refractivity contribution in [3.8, 4) is 64.9 Å². The predicted molar refractivity (Wildman–Crippen MR) is 419 cm³/mol. The molecule has 0 atom stereocenters. The number of methoxy groups -OCH3 is 2. The number of aliphatic imine (C=N–C) groups is 3. The minimum Gasteiger partial charge on any atom is -0.493 e. The summed E-state index contributed by atoms with van der Waals surface area (Å²) in [5.74, 6) is 31.1. The highest BCUT2D eigenvalue weighted by Crippen LogP contribution is 2.33. The number of ether oxygens (including phenoxy) is 2. The van der Waals surface area contributed by atoms with Gasteiger partial charge in [0.1, 0.15) is 40.7 Å². The molecule has 0 saturated carbocycles. The van der Waals surface area contributed by atoms with Crippen LogP contribution in [0.4, 0.5) is 11.6 Å². The van der Waals surface area contributed by atoms with E-state index in [0.29, 0.717) is 40.2 Å². The highest BCUT2D eigenvalue weighted by atomic mass is 16.5. The molecule has 0 bridgehead atoms. The van der Waals surface area contributed by atoms with Crippen LogP contribution in [0.5, 0.6) is 11.5 Å². The fourth-order valence-corrected chi connectivity index (χ4v) is 11.7. The fourth-order valence-electron chi connectivity index (χ4n) is 11.7. The van der Waals surface area contributed by atoms with Gasteiger partial charge in [0.15, 0.2) is 11.5 Å². The summed E-state index contributed by atoms with van der Waals surface area (Å²) in [6, 6.07) is 57.5. The summed E-state index contributed by atoms with van der Waals surface area (Å²) in [5.41, 5.74) is 27.2. The third-order valence-corrected chi connectivity index (χ3v) is 17.2. The molecule has 3 aliphatic rings. The zero-order chi connectivity index (χ0) is 73.1. The van der Waals surface area contributed by atoms with E-state index in [1.54, 1.807) is 44.9 Å². The maximum absolute atomic E-state index is 9.08. The summed E-state index contributed by atoms with van der Waals surface area (Å²) in [7, 11) is 3.17. The standard InChI is InChI=1S/C23H22N4.C22H19N3.C21H19N5.C21H17N3O2/c1-15-18-6-4-5-7-19(18)20(21(24)26-15)13-10-16-8-11-17(12-9-16)22-25-14-23(2,3)27-22;1-22(2)15-24-21(25-22)18-11-8-16(9-12-18)7-10-17-13-14-23-20-6-4-3-5-19(17)20;1-21(2)13-25-20(26-21)15-8-5-14(6-9-15)7-10-16-12-24-19(22)17-4-3-11-23-18(16)17;1-13-5-6-15(12-22)9-16(13)7-8-18-17-10-20(25-3)21(26-4)11-19(17)24-14(2)23-18/h4-9,11-12H,14H2,1-3H3,(H2,24,26)(H,25,27);3-6,8-9,11-14H,15H2,1-2H3,(H,24,25);3-6,8-9,11-12H,13H2,1-2H3,(H2,22,24)(H,25,26);5-6,9-11H,1-4H3. The van der Waals surface area contributed by atoms with Crippen LogP contribution in [0.2, 0.25) is 0 Å². The summed E-state index contributed by atoms with van der Waals surface area (Å²) in [4.78, 5) is 40.1. The van der Waals surface area contributed by atoms with E-state index >= 15 is 0 Å². The third-order valence-electron chi connectivity index (χ3n) is 17.2. The largest absolute Gasteiger partial charge is 0.493 e. The molecule has 0 aliphatic carbocycles. The number of hydrogen-bond donors (Lipinski definition) is 5. The van der Waals surface area contributed by atoms with Crippen molar-refractivity contribution in [3.63, 3.8) is 0 Å². The fraction of sp³-hybridized carbons (Fsp3) is 0.195. The molecule has 0 spiro atoms. The number of hydrogen-bond acceptors (Lipinski definition) is 17. The molecule has 12 aromatic rings. The molecular weight excluding hydrogens is 1290 g/mol. The van der Waals surface area contributed by atoms with Crippen LogP contribution in [0.25, 0.3) is 43.5 Å². The zero-order valence-corrected chi connectivity index (χ0v) is 60.0. The second-order valence-corrected chi connectivity index (χ2v) is 27.1. The van der Waals surface area contributed by atoms with Crippen LogP contribution < -0.4 is 36.9 Å². The number of nitrogens with one attached hydrogen (secondary N) is 3. The van der Waals surface area contributed by atoms with Crippen molar-refractivity contribution in [1.82, 2.24) is 45.9 Å². The lowest BCUT2D eigenvalue weighted by atomic mass is 10.0. The summed E-state index contributed by atoms with van der Waals surface area (Å²) >= 11 is 0. The van der Waals surface area contributed by atoms with Gasteiger partial charge in [0.05, 0.1) is 89.8 Å². The van der Waals surface area contributed by atoms with E-state index in [1.807, 2.05) is 160 Å². The van der Waals surface area contributed by atoms with Gasteiger partial charge in [-0.15, -0.1) is 0 Å². The van der Waals surface area contributed by atoms with Gasteiger partial charge >= 0.3 is 0 Å². The van der Waals surface area contributed by atoms with E-state index < -0.39 is 0 Å². The van der Waals surface area contributed by atoms with E-state index in [0.717, 1.165) is 148 Å². The minimum atomic E-state index is 0.0179. The quantitative estimate of drug-likeness (QED) is 0.101. The van der Waals surface area contributed by atoms with Crippen LogP contribution in [0.15, 0.2) is 203 Å². The first-order valence-corrected chi connectivity index (χ1v) is 33.9. The number of nitrogens with two attached hydrogens (primary N) is 2. The molecule has 7 N–H and O–H groups in total. The SMILES string of the molecule is CC1(C)CN=C(c2ccc(C#Cc3ccnc4ccccc34)cc2)N1.CC1(C)CN=C(c2ccc(C#Cc3cnc(N)c4cccnc34)cc2)N1.COc1cc2nc(C)nc(C#Cc3cc(C#N)ccc3C)c2cc1OC.Cc1nc(N)c(C#Cc2ccc(C3=NCC(C)(C)N3)cc2)c2ccccc12. The number of aryl methyl sites for hydroxylation is 3. The molecule has 17 nitrogen and oxygen atoms in total. The smallest absolute Gasteiger partial charge is 0.162 e. The number of nitrogens with zero attached hydrogens (tertiary/aromatic N) is 10. The number of para-hydroxylation sites is 1. The van der Waals surface area contributed by atoms with E-state index in [-0.39, 0.29) is 16.6 Å². The Labute approximate surface area is 606 Å². The molecule has 0 fully saturated rings. The average Bonchev–Trinajstić information content (AvgIpc) is 1.17. The highest BCUT2D eigenvalue weighted by Gasteiger charge is 2.28. The molecule has 17 heteroatoms. The van der Waals surface area contributed by atoms with Crippen LogP contribution in [-0.2, 0) is 0 Å². The lowest BCUT2D eigenvalue weighted by Gasteiger charge is -2.18. The number of rotatable bonds is 5. The Morgan fingerprint density at radius 2 is 0.933 bits per heavy atom. The number of aromatic nitrogens is 6. The minimum absolute atomic E-state index is 0.0179.